The molecule has 0 heterocycles. The van der Waals surface area contributed by atoms with Crippen LogP contribution < -0.4 is 5.32 Å². The van der Waals surface area contributed by atoms with Crippen LogP contribution in [0, 0.1) is 17.3 Å². The van der Waals surface area contributed by atoms with Crippen LogP contribution in [0.1, 0.15) is 66.7 Å². The van der Waals surface area contributed by atoms with E-state index in [4.69, 9.17) is 0 Å². The van der Waals surface area contributed by atoms with Crippen LogP contribution in [-0.2, 0) is 0 Å². The van der Waals surface area contributed by atoms with Gasteiger partial charge in [-0.1, -0.05) is 47.5 Å². The average Bonchev–Trinajstić information content (AvgIpc) is 2.25. The van der Waals surface area contributed by atoms with Gasteiger partial charge < -0.3 is 10.4 Å². The Hall–Kier alpha value is -0.0800. The second-order valence-electron chi connectivity index (χ2n) is 7.16. The molecule has 2 N–H and O–H groups in total. The molecule has 1 aliphatic carbocycles. The normalized spacial score (nSPS) is 29.5. The van der Waals surface area contributed by atoms with Gasteiger partial charge in [0, 0.05) is 12.6 Å². The smallest absolute Gasteiger partial charge is 0.0692 e. The zero-order chi connectivity index (χ0) is 13.8. The largest absolute Gasteiger partial charge is 0.392 e. The van der Waals surface area contributed by atoms with E-state index >= 15 is 0 Å². The number of aliphatic hydroxyl groups is 1. The van der Waals surface area contributed by atoms with Crippen molar-refractivity contribution in [1.29, 1.82) is 0 Å². The summed E-state index contributed by atoms with van der Waals surface area (Å²) in [7, 11) is 0. The van der Waals surface area contributed by atoms with Crippen LogP contribution in [0.5, 0.6) is 0 Å². The van der Waals surface area contributed by atoms with E-state index in [9.17, 15) is 5.11 Å². The number of rotatable bonds is 6. The molecule has 0 saturated heterocycles. The standard InChI is InChI=1S/C16H33NO/c1-6-13(7-2)15(18)11-17-14-8-12(3)9-16(4,5)10-14/h12-15,17-18H,6-11H2,1-5H3. The minimum atomic E-state index is -0.180. The first-order valence-electron chi connectivity index (χ1n) is 7.79. The molecular weight excluding hydrogens is 222 g/mol. The number of aliphatic hydroxyl groups excluding tert-OH is 1. The second-order valence-corrected chi connectivity index (χ2v) is 7.16. The van der Waals surface area contributed by atoms with Crippen molar-refractivity contribution in [3.8, 4) is 0 Å². The maximum Gasteiger partial charge on any atom is 0.0692 e. The lowest BCUT2D eigenvalue weighted by Gasteiger charge is -2.40. The highest BCUT2D eigenvalue weighted by Gasteiger charge is 2.32. The van der Waals surface area contributed by atoms with Gasteiger partial charge in [-0.15, -0.1) is 0 Å². The zero-order valence-corrected chi connectivity index (χ0v) is 13.0. The van der Waals surface area contributed by atoms with Gasteiger partial charge in [-0.3, -0.25) is 0 Å². The molecule has 3 atom stereocenters. The highest BCUT2D eigenvalue weighted by Crippen LogP contribution is 2.38. The molecule has 1 rings (SSSR count). The van der Waals surface area contributed by atoms with Crippen LogP contribution >= 0.6 is 0 Å². The van der Waals surface area contributed by atoms with Crippen LogP contribution in [0.2, 0.25) is 0 Å². The molecule has 0 aromatic carbocycles. The molecule has 108 valence electrons. The lowest BCUT2D eigenvalue weighted by atomic mass is 9.70. The van der Waals surface area contributed by atoms with Gasteiger partial charge in [-0.25, -0.2) is 0 Å². The molecular formula is C16H33NO. The van der Waals surface area contributed by atoms with Crippen molar-refractivity contribution in [3.05, 3.63) is 0 Å². The van der Waals surface area contributed by atoms with Gasteiger partial charge in [0.1, 0.15) is 0 Å². The molecule has 1 fully saturated rings. The van der Waals surface area contributed by atoms with Crippen molar-refractivity contribution < 1.29 is 5.11 Å². The Labute approximate surface area is 114 Å². The van der Waals surface area contributed by atoms with E-state index in [-0.39, 0.29) is 6.10 Å². The third kappa shape index (κ3) is 4.89. The third-order valence-electron chi connectivity index (χ3n) is 4.60. The molecule has 0 amide bonds. The Morgan fingerprint density at radius 2 is 1.83 bits per heavy atom. The molecule has 2 heteroatoms. The fourth-order valence-corrected chi connectivity index (χ4v) is 3.79. The lowest BCUT2D eigenvalue weighted by molar-refractivity contribution is 0.0851. The molecule has 0 radical (unpaired) electrons. The van der Waals surface area contributed by atoms with E-state index in [1.165, 1.54) is 19.3 Å². The number of hydrogen-bond donors (Lipinski definition) is 2. The van der Waals surface area contributed by atoms with E-state index in [1.54, 1.807) is 0 Å². The second kappa shape index (κ2) is 6.91. The summed E-state index contributed by atoms with van der Waals surface area (Å²) in [5.41, 5.74) is 0.454. The van der Waals surface area contributed by atoms with Gasteiger partial charge in [-0.2, -0.15) is 0 Å². The van der Waals surface area contributed by atoms with E-state index in [0.29, 0.717) is 17.4 Å². The van der Waals surface area contributed by atoms with Crippen molar-refractivity contribution in [2.75, 3.05) is 6.54 Å². The molecule has 0 aromatic rings. The summed E-state index contributed by atoms with van der Waals surface area (Å²) in [6, 6.07) is 0.591. The zero-order valence-electron chi connectivity index (χ0n) is 13.0. The minimum absolute atomic E-state index is 0.180. The first kappa shape index (κ1) is 16.0. The van der Waals surface area contributed by atoms with Gasteiger partial charge >= 0.3 is 0 Å². The number of hydrogen-bond acceptors (Lipinski definition) is 2. The molecule has 3 unspecified atom stereocenters. The fourth-order valence-electron chi connectivity index (χ4n) is 3.79. The monoisotopic (exact) mass is 255 g/mol. The molecule has 2 nitrogen and oxygen atoms in total. The fraction of sp³-hybridized carbons (Fsp3) is 1.00. The summed E-state index contributed by atoms with van der Waals surface area (Å²) in [4.78, 5) is 0. The summed E-state index contributed by atoms with van der Waals surface area (Å²) in [5.74, 6) is 1.25. The number of nitrogens with one attached hydrogen (secondary N) is 1. The molecule has 18 heavy (non-hydrogen) atoms. The molecule has 0 bridgehead atoms. The van der Waals surface area contributed by atoms with Crippen molar-refractivity contribution >= 4 is 0 Å². The predicted octanol–water partition coefficient (Wildman–Crippen LogP) is 3.59. The molecule has 0 aromatic heterocycles. The molecule has 1 saturated carbocycles. The Morgan fingerprint density at radius 3 is 2.33 bits per heavy atom. The highest BCUT2D eigenvalue weighted by molar-refractivity contribution is 4.87. The highest BCUT2D eigenvalue weighted by atomic mass is 16.3. The average molecular weight is 255 g/mol. The van der Waals surface area contributed by atoms with Crippen LogP contribution in [-0.4, -0.2) is 23.8 Å². The van der Waals surface area contributed by atoms with Crippen molar-refractivity contribution in [2.24, 2.45) is 17.3 Å². The first-order chi connectivity index (χ1) is 8.38. The Kier molecular flexibility index (Phi) is 6.13. The van der Waals surface area contributed by atoms with Gasteiger partial charge in [0.15, 0.2) is 0 Å². The molecule has 1 aliphatic rings. The van der Waals surface area contributed by atoms with Crippen molar-refractivity contribution in [1.82, 2.24) is 5.32 Å². The maximum atomic E-state index is 10.2. The van der Waals surface area contributed by atoms with E-state index in [0.717, 1.165) is 25.3 Å². The van der Waals surface area contributed by atoms with Gasteiger partial charge in [0.05, 0.1) is 6.10 Å². The van der Waals surface area contributed by atoms with E-state index < -0.39 is 0 Å². The Balaban J connectivity index is 2.38. The minimum Gasteiger partial charge on any atom is -0.392 e. The lowest BCUT2D eigenvalue weighted by Crippen LogP contribution is -2.44. The van der Waals surface area contributed by atoms with Crippen LogP contribution in [0.25, 0.3) is 0 Å². The van der Waals surface area contributed by atoms with Crippen LogP contribution in [0.4, 0.5) is 0 Å². The Bertz CT molecular complexity index is 235. The van der Waals surface area contributed by atoms with Crippen LogP contribution in [0.15, 0.2) is 0 Å². The Morgan fingerprint density at radius 1 is 1.22 bits per heavy atom. The quantitative estimate of drug-likeness (QED) is 0.760. The predicted molar refractivity (Wildman–Crippen MR) is 78.7 cm³/mol. The van der Waals surface area contributed by atoms with Crippen molar-refractivity contribution in [3.63, 3.8) is 0 Å². The van der Waals surface area contributed by atoms with Crippen LogP contribution in [0.3, 0.4) is 0 Å². The summed E-state index contributed by atoms with van der Waals surface area (Å²) in [6.07, 6.45) is 5.81. The van der Waals surface area contributed by atoms with Gasteiger partial charge in [-0.05, 0) is 36.5 Å². The van der Waals surface area contributed by atoms with Gasteiger partial charge in [0.25, 0.3) is 0 Å². The summed E-state index contributed by atoms with van der Waals surface area (Å²) in [6.45, 7) is 12.2. The SMILES string of the molecule is CCC(CC)C(O)CNC1CC(C)CC(C)(C)C1. The van der Waals surface area contributed by atoms with Gasteiger partial charge in [0.2, 0.25) is 0 Å². The maximum absolute atomic E-state index is 10.2. The topological polar surface area (TPSA) is 32.3 Å². The first-order valence-corrected chi connectivity index (χ1v) is 7.79. The summed E-state index contributed by atoms with van der Waals surface area (Å²) in [5, 5.41) is 13.8. The summed E-state index contributed by atoms with van der Waals surface area (Å²) < 4.78 is 0. The van der Waals surface area contributed by atoms with E-state index in [1.807, 2.05) is 0 Å². The molecule has 0 spiro atoms. The third-order valence-corrected chi connectivity index (χ3v) is 4.60. The van der Waals surface area contributed by atoms with E-state index in [2.05, 4.69) is 39.9 Å². The summed E-state index contributed by atoms with van der Waals surface area (Å²) >= 11 is 0. The van der Waals surface area contributed by atoms with Crippen molar-refractivity contribution in [2.45, 2.75) is 78.9 Å². The molecule has 0 aliphatic heterocycles.